The van der Waals surface area contributed by atoms with Crippen molar-refractivity contribution in [2.24, 2.45) is 0 Å². The van der Waals surface area contributed by atoms with E-state index in [-0.39, 0.29) is 0 Å². The average molecular weight is 265 g/mol. The Morgan fingerprint density at radius 3 is 2.73 bits per heavy atom. The molecule has 15 heavy (non-hydrogen) atoms. The highest BCUT2D eigenvalue weighted by atomic mass is 79.9. The third kappa shape index (κ3) is 2.12. The second-order valence-electron chi connectivity index (χ2n) is 3.18. The van der Waals surface area contributed by atoms with Crippen LogP contribution in [-0.4, -0.2) is 15.0 Å². The lowest BCUT2D eigenvalue weighted by molar-refractivity contribution is 1.17. The average Bonchev–Trinajstić information content (AvgIpc) is 2.22. The predicted molar refractivity (Wildman–Crippen MR) is 62.1 cm³/mol. The molecular formula is C10H9BrN4. The Bertz CT molecular complexity index is 499. The molecule has 0 amide bonds. The second-order valence-corrected chi connectivity index (χ2v) is 3.93. The smallest absolute Gasteiger partial charge is 0.156 e. The molecule has 0 aliphatic heterocycles. The van der Waals surface area contributed by atoms with Crippen LogP contribution in [0, 0.1) is 6.92 Å². The van der Waals surface area contributed by atoms with Gasteiger partial charge in [-0.3, -0.25) is 4.98 Å². The Labute approximate surface area is 95.7 Å². The molecule has 0 radical (unpaired) electrons. The standard InChI is InChI=1S/C10H9BrN4/c1-6-2-7(4-13-3-6)8-5-14-10(12)9(11)15-8/h2-5H,1H3,(H2,12,14). The van der Waals surface area contributed by atoms with Gasteiger partial charge in [-0.1, -0.05) is 0 Å². The highest BCUT2D eigenvalue weighted by Crippen LogP contribution is 2.21. The number of nitrogen functional groups attached to an aromatic ring is 1. The van der Waals surface area contributed by atoms with Crippen LogP contribution in [0.5, 0.6) is 0 Å². The monoisotopic (exact) mass is 264 g/mol. The van der Waals surface area contributed by atoms with E-state index < -0.39 is 0 Å². The van der Waals surface area contributed by atoms with Gasteiger partial charge in [0.1, 0.15) is 4.60 Å². The van der Waals surface area contributed by atoms with Gasteiger partial charge in [0.05, 0.1) is 11.9 Å². The summed E-state index contributed by atoms with van der Waals surface area (Å²) >= 11 is 3.24. The van der Waals surface area contributed by atoms with Gasteiger partial charge in [-0.05, 0) is 34.5 Å². The zero-order valence-electron chi connectivity index (χ0n) is 8.11. The van der Waals surface area contributed by atoms with Crippen LogP contribution in [0.25, 0.3) is 11.3 Å². The summed E-state index contributed by atoms with van der Waals surface area (Å²) in [5, 5.41) is 0. The molecule has 4 nitrogen and oxygen atoms in total. The summed E-state index contributed by atoms with van der Waals surface area (Å²) in [6, 6.07) is 2.00. The number of rotatable bonds is 1. The van der Waals surface area contributed by atoms with E-state index >= 15 is 0 Å². The number of aryl methyl sites for hydroxylation is 1. The van der Waals surface area contributed by atoms with E-state index in [9.17, 15) is 0 Å². The minimum Gasteiger partial charge on any atom is -0.381 e. The van der Waals surface area contributed by atoms with Crippen molar-refractivity contribution in [1.29, 1.82) is 0 Å². The molecule has 2 heterocycles. The fourth-order valence-corrected chi connectivity index (χ4v) is 1.50. The molecule has 2 rings (SSSR count). The van der Waals surface area contributed by atoms with Crippen LogP contribution in [0.2, 0.25) is 0 Å². The number of hydrogen-bond acceptors (Lipinski definition) is 4. The summed E-state index contributed by atoms with van der Waals surface area (Å²) in [5.41, 5.74) is 8.34. The van der Waals surface area contributed by atoms with Crippen molar-refractivity contribution >= 4 is 21.7 Å². The highest BCUT2D eigenvalue weighted by Gasteiger charge is 2.04. The van der Waals surface area contributed by atoms with Crippen LogP contribution in [-0.2, 0) is 0 Å². The maximum absolute atomic E-state index is 5.56. The normalized spacial score (nSPS) is 10.3. The van der Waals surface area contributed by atoms with Gasteiger partial charge in [0, 0.05) is 18.0 Å². The molecule has 0 aliphatic rings. The van der Waals surface area contributed by atoms with E-state index in [1.807, 2.05) is 13.0 Å². The Hall–Kier alpha value is -1.49. The summed E-state index contributed by atoms with van der Waals surface area (Å²) in [7, 11) is 0. The van der Waals surface area contributed by atoms with Crippen LogP contribution in [0.1, 0.15) is 5.56 Å². The van der Waals surface area contributed by atoms with E-state index in [1.54, 1.807) is 18.6 Å². The molecule has 0 spiro atoms. The fraction of sp³-hybridized carbons (Fsp3) is 0.100. The molecule has 0 fully saturated rings. The van der Waals surface area contributed by atoms with Crippen molar-refractivity contribution in [1.82, 2.24) is 15.0 Å². The molecule has 0 bridgehead atoms. The largest absolute Gasteiger partial charge is 0.381 e. The topological polar surface area (TPSA) is 64.7 Å². The fourth-order valence-electron chi connectivity index (χ4n) is 1.21. The van der Waals surface area contributed by atoms with Gasteiger partial charge in [-0.15, -0.1) is 0 Å². The summed E-state index contributed by atoms with van der Waals surface area (Å²) in [6.07, 6.45) is 5.18. The van der Waals surface area contributed by atoms with Crippen LogP contribution in [0.4, 0.5) is 5.82 Å². The van der Waals surface area contributed by atoms with E-state index in [0.717, 1.165) is 16.8 Å². The molecule has 5 heteroatoms. The Morgan fingerprint density at radius 2 is 2.07 bits per heavy atom. The number of nitrogens with zero attached hydrogens (tertiary/aromatic N) is 3. The first-order valence-electron chi connectivity index (χ1n) is 4.37. The SMILES string of the molecule is Cc1cncc(-c2cnc(N)c(Br)n2)c1. The Balaban J connectivity index is 2.50. The van der Waals surface area contributed by atoms with E-state index in [2.05, 4.69) is 30.9 Å². The number of pyridine rings is 1. The number of anilines is 1. The summed E-state index contributed by atoms with van der Waals surface area (Å²) in [6.45, 7) is 1.98. The Kier molecular flexibility index (Phi) is 2.64. The molecule has 0 unspecified atom stereocenters. The zero-order valence-corrected chi connectivity index (χ0v) is 9.69. The minimum atomic E-state index is 0.388. The molecule has 0 aliphatic carbocycles. The first kappa shape index (κ1) is 10.0. The molecule has 0 saturated carbocycles. The van der Waals surface area contributed by atoms with E-state index in [4.69, 9.17) is 5.73 Å². The minimum absolute atomic E-state index is 0.388. The molecule has 2 aromatic rings. The van der Waals surface area contributed by atoms with Gasteiger partial charge < -0.3 is 5.73 Å². The van der Waals surface area contributed by atoms with Crippen molar-refractivity contribution in [3.8, 4) is 11.3 Å². The van der Waals surface area contributed by atoms with Crippen LogP contribution in [0.3, 0.4) is 0 Å². The van der Waals surface area contributed by atoms with E-state index in [1.165, 1.54) is 0 Å². The number of halogens is 1. The molecule has 76 valence electrons. The van der Waals surface area contributed by atoms with Crippen molar-refractivity contribution < 1.29 is 0 Å². The Morgan fingerprint density at radius 1 is 1.27 bits per heavy atom. The quantitative estimate of drug-likeness (QED) is 0.858. The highest BCUT2D eigenvalue weighted by molar-refractivity contribution is 9.10. The van der Waals surface area contributed by atoms with Crippen LogP contribution in [0.15, 0.2) is 29.3 Å². The van der Waals surface area contributed by atoms with Gasteiger partial charge in [0.2, 0.25) is 0 Å². The number of nitrogens with two attached hydrogens (primary N) is 1. The molecule has 0 saturated heterocycles. The third-order valence-electron chi connectivity index (χ3n) is 1.93. The van der Waals surface area contributed by atoms with Gasteiger partial charge in [0.15, 0.2) is 5.82 Å². The van der Waals surface area contributed by atoms with Crippen LogP contribution >= 0.6 is 15.9 Å². The van der Waals surface area contributed by atoms with E-state index in [0.29, 0.717) is 10.4 Å². The van der Waals surface area contributed by atoms with Crippen molar-refractivity contribution in [2.45, 2.75) is 6.92 Å². The van der Waals surface area contributed by atoms with Gasteiger partial charge in [-0.25, -0.2) is 9.97 Å². The molecule has 2 N–H and O–H groups in total. The lowest BCUT2D eigenvalue weighted by Gasteiger charge is -2.02. The molecule has 2 aromatic heterocycles. The van der Waals surface area contributed by atoms with Crippen molar-refractivity contribution in [3.63, 3.8) is 0 Å². The zero-order chi connectivity index (χ0) is 10.8. The van der Waals surface area contributed by atoms with Gasteiger partial charge in [-0.2, -0.15) is 0 Å². The van der Waals surface area contributed by atoms with Crippen molar-refractivity contribution in [2.75, 3.05) is 5.73 Å². The maximum Gasteiger partial charge on any atom is 0.156 e. The lowest BCUT2D eigenvalue weighted by atomic mass is 10.2. The summed E-state index contributed by atoms with van der Waals surface area (Å²) in [5.74, 6) is 0.388. The third-order valence-corrected chi connectivity index (χ3v) is 2.51. The number of aromatic nitrogens is 3. The van der Waals surface area contributed by atoms with Gasteiger partial charge in [0.25, 0.3) is 0 Å². The first-order valence-corrected chi connectivity index (χ1v) is 5.16. The number of hydrogen-bond donors (Lipinski definition) is 1. The lowest BCUT2D eigenvalue weighted by Crippen LogP contribution is -1.95. The maximum atomic E-state index is 5.56. The summed E-state index contributed by atoms with van der Waals surface area (Å²) in [4.78, 5) is 12.4. The molecular weight excluding hydrogens is 256 g/mol. The molecule has 0 aromatic carbocycles. The van der Waals surface area contributed by atoms with Gasteiger partial charge >= 0.3 is 0 Å². The molecule has 0 atom stereocenters. The van der Waals surface area contributed by atoms with Crippen LogP contribution < -0.4 is 5.73 Å². The summed E-state index contributed by atoms with van der Waals surface area (Å²) < 4.78 is 0.557. The first-order chi connectivity index (χ1) is 7.16. The second kappa shape index (κ2) is 3.94. The van der Waals surface area contributed by atoms with Crippen molar-refractivity contribution in [3.05, 3.63) is 34.8 Å². The predicted octanol–water partition coefficient (Wildman–Crippen LogP) is 2.19.